The van der Waals surface area contributed by atoms with Crippen molar-refractivity contribution in [1.82, 2.24) is 0 Å². The van der Waals surface area contributed by atoms with Crippen molar-refractivity contribution in [2.45, 2.75) is 37.7 Å². The standard InChI is InChI=1S/C7H17NS/c1-6(2)9-7(3)4-5-8/h6-7H,4-5,8H2,1-3H3. The van der Waals surface area contributed by atoms with Gasteiger partial charge in [0.05, 0.1) is 0 Å². The molecule has 0 radical (unpaired) electrons. The van der Waals surface area contributed by atoms with E-state index in [9.17, 15) is 0 Å². The second kappa shape index (κ2) is 5.12. The molecule has 0 bridgehead atoms. The lowest BCUT2D eigenvalue weighted by atomic mass is 10.3. The summed E-state index contributed by atoms with van der Waals surface area (Å²) >= 11 is 2.00. The summed E-state index contributed by atoms with van der Waals surface area (Å²) in [4.78, 5) is 0. The van der Waals surface area contributed by atoms with Gasteiger partial charge in [-0.25, -0.2) is 0 Å². The van der Waals surface area contributed by atoms with Crippen molar-refractivity contribution in [1.29, 1.82) is 0 Å². The first-order chi connectivity index (χ1) is 4.16. The second-order valence-electron chi connectivity index (χ2n) is 2.57. The summed E-state index contributed by atoms with van der Waals surface area (Å²) in [6.45, 7) is 7.49. The summed E-state index contributed by atoms with van der Waals surface area (Å²) in [6, 6.07) is 0. The van der Waals surface area contributed by atoms with E-state index in [-0.39, 0.29) is 0 Å². The zero-order chi connectivity index (χ0) is 7.28. The molecule has 0 fully saturated rings. The zero-order valence-corrected chi connectivity index (χ0v) is 7.37. The van der Waals surface area contributed by atoms with E-state index in [0.717, 1.165) is 23.5 Å². The Morgan fingerprint density at radius 3 is 2.22 bits per heavy atom. The lowest BCUT2D eigenvalue weighted by Gasteiger charge is -2.11. The molecule has 0 aliphatic carbocycles. The summed E-state index contributed by atoms with van der Waals surface area (Å²) in [5.41, 5.74) is 5.39. The van der Waals surface area contributed by atoms with Gasteiger partial charge in [0.15, 0.2) is 0 Å². The van der Waals surface area contributed by atoms with Crippen LogP contribution < -0.4 is 5.73 Å². The van der Waals surface area contributed by atoms with E-state index >= 15 is 0 Å². The van der Waals surface area contributed by atoms with Crippen LogP contribution in [0, 0.1) is 0 Å². The van der Waals surface area contributed by atoms with Crippen LogP contribution in [0.2, 0.25) is 0 Å². The first-order valence-electron chi connectivity index (χ1n) is 3.52. The quantitative estimate of drug-likeness (QED) is 0.657. The molecule has 0 aromatic carbocycles. The van der Waals surface area contributed by atoms with Crippen LogP contribution in [-0.2, 0) is 0 Å². The average molecular weight is 147 g/mol. The minimum absolute atomic E-state index is 0.731. The van der Waals surface area contributed by atoms with E-state index in [2.05, 4.69) is 20.8 Å². The SMILES string of the molecule is CC(C)SC(C)CCN. The molecule has 9 heavy (non-hydrogen) atoms. The summed E-state index contributed by atoms with van der Waals surface area (Å²) in [7, 11) is 0. The van der Waals surface area contributed by atoms with Gasteiger partial charge >= 0.3 is 0 Å². The summed E-state index contributed by atoms with van der Waals surface area (Å²) in [5, 5.41) is 1.47. The predicted molar refractivity (Wildman–Crippen MR) is 45.9 cm³/mol. The van der Waals surface area contributed by atoms with Crippen LogP contribution >= 0.6 is 11.8 Å². The molecule has 0 aliphatic rings. The summed E-state index contributed by atoms with van der Waals surface area (Å²) < 4.78 is 0. The Labute approximate surface area is 62.4 Å². The van der Waals surface area contributed by atoms with Gasteiger partial charge in [-0.05, 0) is 18.2 Å². The van der Waals surface area contributed by atoms with E-state index in [1.165, 1.54) is 0 Å². The van der Waals surface area contributed by atoms with Crippen LogP contribution in [0.3, 0.4) is 0 Å². The fraction of sp³-hybridized carbons (Fsp3) is 1.00. The maximum atomic E-state index is 5.39. The van der Waals surface area contributed by atoms with Gasteiger partial charge in [-0.1, -0.05) is 20.8 Å². The Kier molecular flexibility index (Phi) is 5.30. The van der Waals surface area contributed by atoms with Gasteiger partial charge in [0.25, 0.3) is 0 Å². The van der Waals surface area contributed by atoms with Gasteiger partial charge in [0.1, 0.15) is 0 Å². The Morgan fingerprint density at radius 1 is 1.33 bits per heavy atom. The van der Waals surface area contributed by atoms with Crippen molar-refractivity contribution >= 4 is 11.8 Å². The van der Waals surface area contributed by atoms with Crippen LogP contribution in [0.25, 0.3) is 0 Å². The molecule has 0 aliphatic heterocycles. The Balaban J connectivity index is 3.15. The third-order valence-electron chi connectivity index (χ3n) is 1.08. The van der Waals surface area contributed by atoms with Gasteiger partial charge in [-0.3, -0.25) is 0 Å². The first-order valence-corrected chi connectivity index (χ1v) is 4.46. The van der Waals surface area contributed by atoms with Crippen molar-refractivity contribution in [3.05, 3.63) is 0 Å². The molecule has 1 unspecified atom stereocenters. The third kappa shape index (κ3) is 6.19. The molecular weight excluding hydrogens is 130 g/mol. The fourth-order valence-electron chi connectivity index (χ4n) is 0.767. The van der Waals surface area contributed by atoms with Crippen molar-refractivity contribution in [3.63, 3.8) is 0 Å². The van der Waals surface area contributed by atoms with Gasteiger partial charge in [-0.15, -0.1) is 0 Å². The van der Waals surface area contributed by atoms with Gasteiger partial charge < -0.3 is 5.73 Å². The normalized spacial score (nSPS) is 14.3. The van der Waals surface area contributed by atoms with Crippen LogP contribution in [0.5, 0.6) is 0 Å². The molecule has 1 nitrogen and oxygen atoms in total. The molecule has 0 aromatic rings. The first kappa shape index (κ1) is 9.31. The lowest BCUT2D eigenvalue weighted by molar-refractivity contribution is 0.818. The highest BCUT2D eigenvalue weighted by Gasteiger charge is 2.02. The van der Waals surface area contributed by atoms with E-state index in [1.54, 1.807) is 0 Å². The van der Waals surface area contributed by atoms with Crippen LogP contribution in [0.1, 0.15) is 27.2 Å². The van der Waals surface area contributed by atoms with Crippen molar-refractivity contribution in [2.24, 2.45) is 5.73 Å². The minimum Gasteiger partial charge on any atom is -0.330 e. The monoisotopic (exact) mass is 147 g/mol. The van der Waals surface area contributed by atoms with Crippen LogP contribution in [0.4, 0.5) is 0 Å². The minimum atomic E-state index is 0.731. The van der Waals surface area contributed by atoms with Crippen molar-refractivity contribution in [2.75, 3.05) is 6.54 Å². The Morgan fingerprint density at radius 2 is 1.89 bits per heavy atom. The van der Waals surface area contributed by atoms with Gasteiger partial charge in [0.2, 0.25) is 0 Å². The average Bonchev–Trinajstić information content (AvgIpc) is 1.63. The van der Waals surface area contributed by atoms with Crippen molar-refractivity contribution < 1.29 is 0 Å². The van der Waals surface area contributed by atoms with E-state index in [4.69, 9.17) is 5.73 Å². The summed E-state index contributed by atoms with van der Waals surface area (Å²) in [6.07, 6.45) is 1.14. The fourth-order valence-corrected chi connectivity index (χ4v) is 1.97. The Bertz CT molecular complexity index is 63.9. The number of rotatable bonds is 4. The number of hydrogen-bond acceptors (Lipinski definition) is 2. The molecule has 0 amide bonds. The maximum absolute atomic E-state index is 5.39. The second-order valence-corrected chi connectivity index (χ2v) is 4.59. The highest BCUT2D eigenvalue weighted by molar-refractivity contribution is 8.00. The molecule has 0 saturated heterocycles. The van der Waals surface area contributed by atoms with Gasteiger partial charge in [-0.2, -0.15) is 11.8 Å². The smallest absolute Gasteiger partial charge is 0.00332 e. The van der Waals surface area contributed by atoms with Gasteiger partial charge in [0, 0.05) is 5.25 Å². The van der Waals surface area contributed by atoms with E-state index in [1.807, 2.05) is 11.8 Å². The number of hydrogen-bond donors (Lipinski definition) is 1. The molecule has 0 rings (SSSR count). The largest absolute Gasteiger partial charge is 0.330 e. The number of nitrogens with two attached hydrogens (primary N) is 1. The van der Waals surface area contributed by atoms with Crippen LogP contribution in [-0.4, -0.2) is 17.0 Å². The molecule has 1 atom stereocenters. The molecule has 0 spiro atoms. The molecule has 0 heterocycles. The Hall–Kier alpha value is 0.310. The predicted octanol–water partition coefficient (Wildman–Crippen LogP) is 1.87. The zero-order valence-electron chi connectivity index (χ0n) is 6.55. The maximum Gasteiger partial charge on any atom is 0.00332 e. The molecular formula is C7H17NS. The highest BCUT2D eigenvalue weighted by Crippen LogP contribution is 2.18. The molecule has 56 valence electrons. The summed E-state index contributed by atoms with van der Waals surface area (Å²) in [5.74, 6) is 0. The molecule has 2 heteroatoms. The number of thioether (sulfide) groups is 1. The van der Waals surface area contributed by atoms with Crippen molar-refractivity contribution in [3.8, 4) is 0 Å². The molecule has 0 saturated carbocycles. The highest BCUT2D eigenvalue weighted by atomic mass is 32.2. The van der Waals surface area contributed by atoms with Crippen LogP contribution in [0.15, 0.2) is 0 Å². The third-order valence-corrected chi connectivity index (χ3v) is 2.32. The lowest BCUT2D eigenvalue weighted by Crippen LogP contribution is -2.09. The molecule has 0 aromatic heterocycles. The molecule has 2 N–H and O–H groups in total. The topological polar surface area (TPSA) is 26.0 Å². The van der Waals surface area contributed by atoms with E-state index < -0.39 is 0 Å². The van der Waals surface area contributed by atoms with E-state index in [0.29, 0.717) is 0 Å².